The summed E-state index contributed by atoms with van der Waals surface area (Å²) < 4.78 is 0. The number of aromatic nitrogens is 1. The van der Waals surface area contributed by atoms with Crippen molar-refractivity contribution >= 4 is 34.8 Å². The maximum atomic E-state index is 12.8. The first-order chi connectivity index (χ1) is 10.1. The number of amides is 2. The molecule has 2 amide bonds. The van der Waals surface area contributed by atoms with E-state index >= 15 is 0 Å². The highest BCUT2D eigenvalue weighted by molar-refractivity contribution is 6.31. The SMILES string of the molecule is Cc1[nH]c2ccc(Cl)cc2c1C(=O)N1CCN(C=O)CC1. The third kappa shape index (κ3) is 2.49. The summed E-state index contributed by atoms with van der Waals surface area (Å²) in [6.07, 6.45) is 0.832. The van der Waals surface area contributed by atoms with E-state index in [-0.39, 0.29) is 5.91 Å². The summed E-state index contributed by atoms with van der Waals surface area (Å²) in [4.78, 5) is 30.2. The van der Waals surface area contributed by atoms with Crippen molar-refractivity contribution in [1.29, 1.82) is 0 Å². The molecule has 1 aromatic heterocycles. The predicted octanol–water partition coefficient (Wildman–Crippen LogP) is 2.04. The second-order valence-corrected chi connectivity index (χ2v) is 5.68. The van der Waals surface area contributed by atoms with E-state index in [1.165, 1.54) is 0 Å². The molecule has 1 fully saturated rings. The second kappa shape index (κ2) is 5.41. The van der Waals surface area contributed by atoms with Crippen LogP contribution in [0.4, 0.5) is 0 Å². The molecule has 21 heavy (non-hydrogen) atoms. The molecule has 3 rings (SSSR count). The highest BCUT2D eigenvalue weighted by atomic mass is 35.5. The monoisotopic (exact) mass is 305 g/mol. The van der Waals surface area contributed by atoms with Gasteiger partial charge in [-0.05, 0) is 25.1 Å². The smallest absolute Gasteiger partial charge is 0.256 e. The number of nitrogens with zero attached hydrogens (tertiary/aromatic N) is 2. The van der Waals surface area contributed by atoms with Gasteiger partial charge < -0.3 is 14.8 Å². The number of aryl methyl sites for hydroxylation is 1. The summed E-state index contributed by atoms with van der Waals surface area (Å²) in [6.45, 7) is 4.17. The second-order valence-electron chi connectivity index (χ2n) is 5.25. The third-order valence-corrected chi connectivity index (χ3v) is 4.15. The van der Waals surface area contributed by atoms with Crippen molar-refractivity contribution in [2.45, 2.75) is 6.92 Å². The van der Waals surface area contributed by atoms with Crippen LogP contribution in [-0.4, -0.2) is 53.3 Å². The minimum absolute atomic E-state index is 0.00781. The van der Waals surface area contributed by atoms with Gasteiger partial charge in [0.1, 0.15) is 0 Å². The van der Waals surface area contributed by atoms with Crippen molar-refractivity contribution < 1.29 is 9.59 Å². The highest BCUT2D eigenvalue weighted by Gasteiger charge is 2.25. The number of nitrogens with one attached hydrogen (secondary N) is 1. The molecule has 1 aliphatic heterocycles. The van der Waals surface area contributed by atoms with Crippen LogP contribution in [0.5, 0.6) is 0 Å². The van der Waals surface area contributed by atoms with Crippen LogP contribution >= 0.6 is 11.6 Å². The van der Waals surface area contributed by atoms with Gasteiger partial charge >= 0.3 is 0 Å². The summed E-state index contributed by atoms with van der Waals surface area (Å²) >= 11 is 6.04. The molecule has 1 aliphatic rings. The molecule has 0 spiro atoms. The Morgan fingerprint density at radius 1 is 1.29 bits per heavy atom. The number of benzene rings is 1. The van der Waals surface area contributed by atoms with E-state index in [1.54, 1.807) is 15.9 Å². The zero-order valence-electron chi connectivity index (χ0n) is 11.7. The first-order valence-electron chi connectivity index (χ1n) is 6.86. The van der Waals surface area contributed by atoms with E-state index in [0.717, 1.165) is 23.0 Å². The molecule has 0 bridgehead atoms. The van der Waals surface area contributed by atoms with Crippen LogP contribution < -0.4 is 0 Å². The summed E-state index contributed by atoms with van der Waals surface area (Å²) in [5, 5.41) is 1.46. The molecule has 1 saturated heterocycles. The van der Waals surface area contributed by atoms with E-state index < -0.39 is 0 Å². The number of aromatic amines is 1. The molecular formula is C15H16ClN3O2. The van der Waals surface area contributed by atoms with Crippen molar-refractivity contribution in [2.75, 3.05) is 26.2 Å². The van der Waals surface area contributed by atoms with E-state index in [4.69, 9.17) is 11.6 Å². The number of carbonyl (C=O) groups is 2. The van der Waals surface area contributed by atoms with Crippen molar-refractivity contribution in [1.82, 2.24) is 14.8 Å². The molecule has 1 N–H and O–H groups in total. The largest absolute Gasteiger partial charge is 0.358 e. The Hall–Kier alpha value is -2.01. The van der Waals surface area contributed by atoms with Gasteiger partial charge in [0.05, 0.1) is 5.56 Å². The van der Waals surface area contributed by atoms with Crippen molar-refractivity contribution in [3.8, 4) is 0 Å². The van der Waals surface area contributed by atoms with Gasteiger partial charge in [-0.15, -0.1) is 0 Å². The van der Waals surface area contributed by atoms with Gasteiger partial charge in [-0.2, -0.15) is 0 Å². The molecule has 0 atom stereocenters. The van der Waals surface area contributed by atoms with Crippen LogP contribution in [0.25, 0.3) is 10.9 Å². The number of piperazine rings is 1. The normalized spacial score (nSPS) is 15.5. The number of hydrogen-bond donors (Lipinski definition) is 1. The van der Waals surface area contributed by atoms with Gasteiger partial charge in [0, 0.05) is 47.8 Å². The van der Waals surface area contributed by atoms with E-state index in [0.29, 0.717) is 36.8 Å². The third-order valence-electron chi connectivity index (χ3n) is 3.91. The fourth-order valence-electron chi connectivity index (χ4n) is 2.76. The zero-order valence-corrected chi connectivity index (χ0v) is 12.5. The van der Waals surface area contributed by atoms with Gasteiger partial charge in [-0.1, -0.05) is 11.6 Å². The molecule has 0 saturated carbocycles. The Balaban J connectivity index is 1.93. The van der Waals surface area contributed by atoms with Crippen LogP contribution in [0.3, 0.4) is 0 Å². The Morgan fingerprint density at radius 2 is 2.00 bits per heavy atom. The van der Waals surface area contributed by atoms with Gasteiger partial charge in [0.25, 0.3) is 5.91 Å². The van der Waals surface area contributed by atoms with E-state index in [1.807, 2.05) is 19.1 Å². The Morgan fingerprint density at radius 3 is 2.67 bits per heavy atom. The highest BCUT2D eigenvalue weighted by Crippen LogP contribution is 2.26. The van der Waals surface area contributed by atoms with E-state index in [9.17, 15) is 9.59 Å². The lowest BCUT2D eigenvalue weighted by Gasteiger charge is -2.32. The van der Waals surface area contributed by atoms with Gasteiger partial charge in [0.2, 0.25) is 6.41 Å². The molecule has 6 heteroatoms. The molecule has 0 aliphatic carbocycles. The fraction of sp³-hybridized carbons (Fsp3) is 0.333. The molecule has 1 aromatic carbocycles. The summed E-state index contributed by atoms with van der Waals surface area (Å²) in [6, 6.07) is 5.50. The summed E-state index contributed by atoms with van der Waals surface area (Å²) in [5.41, 5.74) is 2.42. The molecule has 110 valence electrons. The molecule has 2 aromatic rings. The molecule has 0 unspecified atom stereocenters. The molecule has 2 heterocycles. The average molecular weight is 306 g/mol. The van der Waals surface area contributed by atoms with E-state index in [2.05, 4.69) is 4.98 Å². The number of halogens is 1. The van der Waals surface area contributed by atoms with Crippen LogP contribution in [0.1, 0.15) is 16.1 Å². The minimum Gasteiger partial charge on any atom is -0.358 e. The maximum Gasteiger partial charge on any atom is 0.256 e. The number of hydrogen-bond acceptors (Lipinski definition) is 2. The molecule has 5 nitrogen and oxygen atoms in total. The summed E-state index contributed by atoms with van der Waals surface area (Å²) in [7, 11) is 0. The first kappa shape index (κ1) is 13.9. The maximum absolute atomic E-state index is 12.8. The number of carbonyl (C=O) groups excluding carboxylic acids is 2. The number of fused-ring (bicyclic) bond motifs is 1. The Bertz CT molecular complexity index is 702. The summed E-state index contributed by atoms with van der Waals surface area (Å²) in [5.74, 6) is -0.00781. The number of rotatable bonds is 2. The van der Waals surface area contributed by atoms with Crippen LogP contribution in [0.2, 0.25) is 5.02 Å². The Labute approximate surface area is 127 Å². The standard InChI is InChI=1S/C15H16ClN3O2/c1-10-14(12-8-11(16)2-3-13(12)17-10)15(21)19-6-4-18(9-20)5-7-19/h2-3,8-9,17H,4-7H2,1H3. The molecule has 0 radical (unpaired) electrons. The minimum atomic E-state index is -0.00781. The first-order valence-corrected chi connectivity index (χ1v) is 7.24. The van der Waals surface area contributed by atoms with Crippen LogP contribution in [0, 0.1) is 6.92 Å². The van der Waals surface area contributed by atoms with Crippen molar-refractivity contribution in [3.05, 3.63) is 34.5 Å². The number of H-pyrrole nitrogens is 1. The van der Waals surface area contributed by atoms with Crippen LogP contribution in [-0.2, 0) is 4.79 Å². The topological polar surface area (TPSA) is 56.4 Å². The Kier molecular flexibility index (Phi) is 3.59. The van der Waals surface area contributed by atoms with Gasteiger partial charge in [-0.25, -0.2) is 0 Å². The van der Waals surface area contributed by atoms with Gasteiger partial charge in [0.15, 0.2) is 0 Å². The van der Waals surface area contributed by atoms with Crippen LogP contribution in [0.15, 0.2) is 18.2 Å². The lowest BCUT2D eigenvalue weighted by molar-refractivity contribution is -0.119. The lowest BCUT2D eigenvalue weighted by atomic mass is 10.1. The predicted molar refractivity (Wildman–Crippen MR) is 81.6 cm³/mol. The lowest BCUT2D eigenvalue weighted by Crippen LogP contribution is -2.48. The van der Waals surface area contributed by atoms with Crippen molar-refractivity contribution in [2.24, 2.45) is 0 Å². The quantitative estimate of drug-likeness (QED) is 0.863. The van der Waals surface area contributed by atoms with Crippen molar-refractivity contribution in [3.63, 3.8) is 0 Å². The molecular weight excluding hydrogens is 290 g/mol. The average Bonchev–Trinajstić information content (AvgIpc) is 2.82. The van der Waals surface area contributed by atoms with Gasteiger partial charge in [-0.3, -0.25) is 9.59 Å². The zero-order chi connectivity index (χ0) is 15.0. The fourth-order valence-corrected chi connectivity index (χ4v) is 2.94.